The molecule has 0 atom stereocenters. The summed E-state index contributed by atoms with van der Waals surface area (Å²) < 4.78 is 27.5. The van der Waals surface area contributed by atoms with Gasteiger partial charge in [0.25, 0.3) is 0 Å². The normalized spacial score (nSPS) is 12.3. The second-order valence-corrected chi connectivity index (χ2v) is 8.29. The molecule has 3 aromatic carbocycles. The highest BCUT2D eigenvalue weighted by Crippen LogP contribution is 2.28. The summed E-state index contributed by atoms with van der Waals surface area (Å²) in [7, 11) is -3.58. The lowest BCUT2D eigenvalue weighted by atomic mass is 10.1. The first-order chi connectivity index (χ1) is 13.0. The maximum Gasteiger partial charge on any atom is 0.245 e. The van der Waals surface area contributed by atoms with Gasteiger partial charge in [0.1, 0.15) is 4.90 Å². The summed E-state index contributed by atoms with van der Waals surface area (Å²) in [5, 5.41) is 2.21. The molecule has 0 spiro atoms. The number of rotatable bonds is 6. The van der Waals surface area contributed by atoms with E-state index in [9.17, 15) is 8.42 Å². The van der Waals surface area contributed by atoms with Crippen LogP contribution in [0.3, 0.4) is 0 Å². The summed E-state index contributed by atoms with van der Waals surface area (Å²) in [4.78, 5) is 4.81. The highest BCUT2D eigenvalue weighted by molar-refractivity contribution is 7.89. The number of fused-ring (bicyclic) bond motifs is 1. The number of sulfonamides is 1. The van der Waals surface area contributed by atoms with Gasteiger partial charge in [-0.2, -0.15) is 4.31 Å². The fourth-order valence-corrected chi connectivity index (χ4v) is 4.82. The lowest BCUT2D eigenvalue weighted by molar-refractivity contribution is 0.445. The van der Waals surface area contributed by atoms with E-state index in [-0.39, 0.29) is 4.90 Å². The van der Waals surface area contributed by atoms with Crippen LogP contribution in [0.25, 0.3) is 10.8 Å². The molecule has 0 aliphatic heterocycles. The SMILES string of the molecule is CCN(CC)S(=O)(=O)c1cc(C)ccc1N=Cc1cccc2ccccc12. The van der Waals surface area contributed by atoms with E-state index in [0.29, 0.717) is 18.8 Å². The molecule has 0 heterocycles. The third kappa shape index (κ3) is 3.94. The molecule has 0 unspecified atom stereocenters. The topological polar surface area (TPSA) is 49.7 Å². The Kier molecular flexibility index (Phi) is 5.73. The maximum atomic E-state index is 13.0. The zero-order chi connectivity index (χ0) is 19.4. The van der Waals surface area contributed by atoms with Gasteiger partial charge < -0.3 is 0 Å². The van der Waals surface area contributed by atoms with Crippen molar-refractivity contribution in [1.29, 1.82) is 0 Å². The smallest absolute Gasteiger partial charge is 0.245 e. The summed E-state index contributed by atoms with van der Waals surface area (Å²) in [6.07, 6.45) is 1.74. The highest BCUT2D eigenvalue weighted by atomic mass is 32.2. The zero-order valence-corrected chi connectivity index (χ0v) is 16.7. The molecular weight excluding hydrogens is 356 g/mol. The van der Waals surface area contributed by atoms with Crippen LogP contribution in [0.15, 0.2) is 70.6 Å². The Balaban J connectivity index is 2.09. The Hall–Kier alpha value is -2.50. The van der Waals surface area contributed by atoms with Crippen molar-refractivity contribution >= 4 is 32.7 Å². The summed E-state index contributed by atoms with van der Waals surface area (Å²) in [6.45, 7) is 6.43. The number of hydrogen-bond donors (Lipinski definition) is 0. The molecule has 0 radical (unpaired) electrons. The molecule has 0 fully saturated rings. The molecule has 27 heavy (non-hydrogen) atoms. The average Bonchev–Trinajstić information content (AvgIpc) is 2.67. The standard InChI is InChI=1S/C22H24N2O2S/c1-4-24(5-2)27(25,26)22-15-17(3)13-14-21(22)23-16-19-11-8-10-18-9-6-7-12-20(18)19/h6-16H,4-5H2,1-3H3. The molecule has 0 N–H and O–H groups in total. The number of aryl methyl sites for hydroxylation is 1. The van der Waals surface area contributed by atoms with E-state index in [0.717, 1.165) is 21.9 Å². The van der Waals surface area contributed by atoms with Crippen molar-refractivity contribution in [3.05, 3.63) is 71.8 Å². The minimum Gasteiger partial charge on any atom is -0.255 e. The minimum atomic E-state index is -3.58. The summed E-state index contributed by atoms with van der Waals surface area (Å²) in [5.74, 6) is 0. The molecule has 4 nitrogen and oxygen atoms in total. The third-order valence-electron chi connectivity index (χ3n) is 4.60. The quantitative estimate of drug-likeness (QED) is 0.569. The molecule has 3 aromatic rings. The second kappa shape index (κ2) is 8.03. The fraction of sp³-hybridized carbons (Fsp3) is 0.227. The van der Waals surface area contributed by atoms with E-state index >= 15 is 0 Å². The molecule has 0 amide bonds. The molecule has 0 aromatic heterocycles. The van der Waals surface area contributed by atoms with E-state index in [1.807, 2.05) is 57.2 Å². The van der Waals surface area contributed by atoms with Crippen molar-refractivity contribution in [2.45, 2.75) is 25.7 Å². The second-order valence-electron chi connectivity index (χ2n) is 6.39. The summed E-state index contributed by atoms with van der Waals surface area (Å²) in [5.41, 5.74) is 2.31. The van der Waals surface area contributed by atoms with Gasteiger partial charge in [0, 0.05) is 24.9 Å². The Morgan fingerprint density at radius 3 is 2.41 bits per heavy atom. The Morgan fingerprint density at radius 1 is 0.963 bits per heavy atom. The third-order valence-corrected chi connectivity index (χ3v) is 6.68. The predicted octanol–water partition coefficient (Wildman–Crippen LogP) is 4.93. The summed E-state index contributed by atoms with van der Waals surface area (Å²) in [6, 6.07) is 19.4. The molecule has 140 valence electrons. The Bertz CT molecular complexity index is 1080. The van der Waals surface area contributed by atoms with Crippen LogP contribution in [0.5, 0.6) is 0 Å². The highest BCUT2D eigenvalue weighted by Gasteiger charge is 2.24. The zero-order valence-electron chi connectivity index (χ0n) is 15.9. The predicted molar refractivity (Wildman–Crippen MR) is 112 cm³/mol. The fourth-order valence-electron chi connectivity index (χ4n) is 3.14. The molecule has 0 aliphatic carbocycles. The van der Waals surface area contributed by atoms with Crippen molar-refractivity contribution < 1.29 is 8.42 Å². The van der Waals surface area contributed by atoms with Crippen molar-refractivity contribution in [2.75, 3.05) is 13.1 Å². The monoisotopic (exact) mass is 380 g/mol. The van der Waals surface area contributed by atoms with Gasteiger partial charge >= 0.3 is 0 Å². The van der Waals surface area contributed by atoms with E-state index < -0.39 is 10.0 Å². The van der Waals surface area contributed by atoms with Crippen LogP contribution in [0.1, 0.15) is 25.0 Å². The van der Waals surface area contributed by atoms with Gasteiger partial charge in [0.15, 0.2) is 0 Å². The number of benzene rings is 3. The van der Waals surface area contributed by atoms with Crippen molar-refractivity contribution in [1.82, 2.24) is 4.31 Å². The Morgan fingerprint density at radius 2 is 1.67 bits per heavy atom. The van der Waals surface area contributed by atoms with Crippen LogP contribution in [-0.2, 0) is 10.0 Å². The van der Waals surface area contributed by atoms with E-state index in [4.69, 9.17) is 0 Å². The largest absolute Gasteiger partial charge is 0.255 e. The first kappa shape index (κ1) is 19.3. The van der Waals surface area contributed by atoms with Crippen LogP contribution >= 0.6 is 0 Å². The molecule has 0 saturated heterocycles. The molecular formula is C22H24N2O2S. The molecule has 0 bridgehead atoms. The Labute approximate surface area is 161 Å². The van der Waals surface area contributed by atoms with Crippen molar-refractivity contribution in [3.8, 4) is 0 Å². The van der Waals surface area contributed by atoms with Gasteiger partial charge in [-0.3, -0.25) is 4.99 Å². The maximum absolute atomic E-state index is 13.0. The molecule has 5 heteroatoms. The first-order valence-electron chi connectivity index (χ1n) is 9.10. The summed E-state index contributed by atoms with van der Waals surface area (Å²) >= 11 is 0. The molecule has 3 rings (SSSR count). The van der Waals surface area contributed by atoms with Crippen molar-refractivity contribution in [2.24, 2.45) is 4.99 Å². The van der Waals surface area contributed by atoms with Gasteiger partial charge in [-0.25, -0.2) is 8.42 Å². The average molecular weight is 381 g/mol. The van der Waals surface area contributed by atoms with Crippen LogP contribution in [-0.4, -0.2) is 32.0 Å². The van der Waals surface area contributed by atoms with Gasteiger partial charge in [-0.15, -0.1) is 0 Å². The van der Waals surface area contributed by atoms with E-state index in [1.165, 1.54) is 4.31 Å². The molecule has 0 saturated carbocycles. The number of hydrogen-bond acceptors (Lipinski definition) is 3. The van der Waals surface area contributed by atoms with Gasteiger partial charge in [-0.05, 0) is 35.4 Å². The van der Waals surface area contributed by atoms with Gasteiger partial charge in [0.2, 0.25) is 10.0 Å². The molecule has 0 aliphatic rings. The van der Waals surface area contributed by atoms with Crippen LogP contribution < -0.4 is 0 Å². The number of aliphatic imine (C=N–C) groups is 1. The lowest BCUT2D eigenvalue weighted by Gasteiger charge is -2.19. The van der Waals surface area contributed by atoms with E-state index in [2.05, 4.69) is 17.1 Å². The van der Waals surface area contributed by atoms with Gasteiger partial charge in [-0.1, -0.05) is 62.4 Å². The number of nitrogens with zero attached hydrogens (tertiary/aromatic N) is 2. The first-order valence-corrected chi connectivity index (χ1v) is 10.5. The van der Waals surface area contributed by atoms with Crippen LogP contribution in [0.2, 0.25) is 0 Å². The van der Waals surface area contributed by atoms with Crippen molar-refractivity contribution in [3.63, 3.8) is 0 Å². The van der Waals surface area contributed by atoms with Gasteiger partial charge in [0.05, 0.1) is 5.69 Å². The minimum absolute atomic E-state index is 0.252. The van der Waals surface area contributed by atoms with E-state index in [1.54, 1.807) is 18.3 Å². The van der Waals surface area contributed by atoms with Crippen LogP contribution in [0.4, 0.5) is 5.69 Å². The van der Waals surface area contributed by atoms with Crippen LogP contribution in [0, 0.1) is 6.92 Å². The lowest BCUT2D eigenvalue weighted by Crippen LogP contribution is -2.30.